The maximum Gasteiger partial charge on any atom is 0.409 e. The molecule has 3 rings (SSSR count). The fraction of sp³-hybridized carbons (Fsp3) is 0.727. The third kappa shape index (κ3) is 4.86. The first-order valence-electron chi connectivity index (χ1n) is 10.8. The first-order chi connectivity index (χ1) is 14.2. The molecule has 0 radical (unpaired) electrons. The van der Waals surface area contributed by atoms with Crippen molar-refractivity contribution >= 4 is 17.5 Å². The molecule has 0 aromatic carbocycles. The summed E-state index contributed by atoms with van der Waals surface area (Å²) in [5.41, 5.74) is 1.96. The van der Waals surface area contributed by atoms with Crippen molar-refractivity contribution in [2.75, 3.05) is 26.8 Å². The number of nitrogens with zero attached hydrogens (tertiary/aromatic N) is 2. The standard InChI is InChI=1S/C22H35N3O4S/c1-6-7-12-29-20(26)25-10-8-22(9-11-25)14-18-17(13-16(28-5)15-23-18)19(22)24-30(27)21(2,3)4/h13,15,19,24H,6-12,14H2,1-5H3. The number of carbonyl (C=O) groups is 1. The second-order valence-electron chi connectivity index (χ2n) is 9.34. The highest BCUT2D eigenvalue weighted by Gasteiger charge is 2.51. The zero-order valence-corrected chi connectivity index (χ0v) is 19.6. The van der Waals surface area contributed by atoms with E-state index in [1.165, 1.54) is 0 Å². The Balaban J connectivity index is 1.78. The van der Waals surface area contributed by atoms with Gasteiger partial charge in [-0.3, -0.25) is 4.98 Å². The van der Waals surface area contributed by atoms with Crippen LogP contribution in [0.15, 0.2) is 12.3 Å². The van der Waals surface area contributed by atoms with Crippen LogP contribution in [0.1, 0.15) is 70.7 Å². The SMILES string of the molecule is CCCCOC(=O)N1CCC2(CC1)Cc1ncc(OC)cc1C2N[S+]([O-])C(C)(C)C. The van der Waals surface area contributed by atoms with Crippen molar-refractivity contribution in [1.82, 2.24) is 14.6 Å². The van der Waals surface area contributed by atoms with Crippen molar-refractivity contribution < 1.29 is 18.8 Å². The number of likely N-dealkylation sites (tertiary alicyclic amines) is 1. The Bertz CT molecular complexity index is 744. The smallest absolute Gasteiger partial charge is 0.409 e. The summed E-state index contributed by atoms with van der Waals surface area (Å²) in [5, 5.41) is 0. The van der Waals surface area contributed by atoms with E-state index in [4.69, 9.17) is 9.47 Å². The molecule has 168 valence electrons. The molecule has 1 aliphatic carbocycles. The predicted octanol–water partition coefficient (Wildman–Crippen LogP) is 3.76. The highest BCUT2D eigenvalue weighted by Crippen LogP contribution is 2.52. The van der Waals surface area contributed by atoms with Crippen LogP contribution in [0.5, 0.6) is 5.75 Å². The van der Waals surface area contributed by atoms with Crippen LogP contribution in [0.25, 0.3) is 0 Å². The molecule has 1 amide bonds. The Kier molecular flexibility index (Phi) is 7.20. The molecule has 2 atom stereocenters. The lowest BCUT2D eigenvalue weighted by Crippen LogP contribution is -2.50. The van der Waals surface area contributed by atoms with Gasteiger partial charge in [0, 0.05) is 35.6 Å². The number of methoxy groups -OCH3 is 1. The summed E-state index contributed by atoms with van der Waals surface area (Å²) >= 11 is -1.22. The highest BCUT2D eigenvalue weighted by atomic mass is 32.2. The largest absolute Gasteiger partial charge is 0.598 e. The third-order valence-corrected chi connectivity index (χ3v) is 7.74. The zero-order valence-electron chi connectivity index (χ0n) is 18.8. The van der Waals surface area contributed by atoms with Gasteiger partial charge in [0.1, 0.15) is 10.5 Å². The molecule has 1 fully saturated rings. The van der Waals surface area contributed by atoms with Gasteiger partial charge in [-0.1, -0.05) is 13.3 Å². The highest BCUT2D eigenvalue weighted by molar-refractivity contribution is 7.90. The number of hydrogen-bond acceptors (Lipinski definition) is 6. The van der Waals surface area contributed by atoms with E-state index in [-0.39, 0.29) is 22.3 Å². The van der Waals surface area contributed by atoms with Gasteiger partial charge in [-0.05, 0) is 58.1 Å². The number of rotatable bonds is 6. The molecule has 2 heterocycles. The quantitative estimate of drug-likeness (QED) is 0.539. The Morgan fingerprint density at radius 3 is 2.70 bits per heavy atom. The molecule has 1 aliphatic heterocycles. The number of fused-ring (bicyclic) bond motifs is 1. The first kappa shape index (κ1) is 23.2. The van der Waals surface area contributed by atoms with E-state index >= 15 is 0 Å². The van der Waals surface area contributed by atoms with Gasteiger partial charge in [0.05, 0.1) is 26.0 Å². The molecule has 8 heteroatoms. The number of amides is 1. The van der Waals surface area contributed by atoms with Gasteiger partial charge in [-0.25, -0.2) is 4.79 Å². The molecular weight excluding hydrogens is 402 g/mol. The molecule has 0 bridgehead atoms. The van der Waals surface area contributed by atoms with Gasteiger partial charge in [0.25, 0.3) is 0 Å². The Morgan fingerprint density at radius 1 is 1.40 bits per heavy atom. The van der Waals surface area contributed by atoms with Crippen LogP contribution >= 0.6 is 0 Å². The normalized spacial score (nSPS) is 21.4. The summed E-state index contributed by atoms with van der Waals surface area (Å²) in [6.45, 7) is 9.73. The van der Waals surface area contributed by atoms with Gasteiger partial charge in [-0.2, -0.15) is 0 Å². The minimum absolute atomic E-state index is 0.0894. The summed E-state index contributed by atoms with van der Waals surface area (Å²) in [7, 11) is 1.63. The molecule has 2 aliphatic rings. The molecule has 7 nitrogen and oxygen atoms in total. The summed E-state index contributed by atoms with van der Waals surface area (Å²) in [4.78, 5) is 18.8. The van der Waals surface area contributed by atoms with Crippen molar-refractivity contribution in [3.63, 3.8) is 0 Å². The van der Waals surface area contributed by atoms with Crippen molar-refractivity contribution in [2.24, 2.45) is 5.41 Å². The molecule has 0 saturated carbocycles. The van der Waals surface area contributed by atoms with E-state index in [2.05, 4.69) is 16.6 Å². The Morgan fingerprint density at radius 2 is 2.10 bits per heavy atom. The molecule has 1 aromatic heterocycles. The van der Waals surface area contributed by atoms with Crippen LogP contribution < -0.4 is 9.46 Å². The second-order valence-corrected chi connectivity index (χ2v) is 11.3. The van der Waals surface area contributed by atoms with Crippen LogP contribution in [0.2, 0.25) is 0 Å². The summed E-state index contributed by atoms with van der Waals surface area (Å²) in [5.74, 6) is 0.705. The van der Waals surface area contributed by atoms with E-state index in [9.17, 15) is 9.35 Å². The Labute approximate surface area is 183 Å². The summed E-state index contributed by atoms with van der Waals surface area (Å²) in [6, 6.07) is 1.92. The van der Waals surface area contributed by atoms with Crippen LogP contribution in [0, 0.1) is 5.41 Å². The fourth-order valence-corrected chi connectivity index (χ4v) is 5.18. The maximum absolute atomic E-state index is 13.0. The van der Waals surface area contributed by atoms with Crippen molar-refractivity contribution in [1.29, 1.82) is 0 Å². The molecule has 1 spiro atoms. The van der Waals surface area contributed by atoms with Crippen LogP contribution in [0.3, 0.4) is 0 Å². The van der Waals surface area contributed by atoms with Crippen LogP contribution in [-0.4, -0.2) is 52.1 Å². The molecule has 1 saturated heterocycles. The van der Waals surface area contributed by atoms with Gasteiger partial charge < -0.3 is 18.9 Å². The minimum atomic E-state index is -1.22. The number of piperidine rings is 1. The zero-order chi connectivity index (χ0) is 21.9. The van der Waals surface area contributed by atoms with Crippen LogP contribution in [-0.2, 0) is 22.5 Å². The first-order valence-corrected chi connectivity index (χ1v) is 12.0. The van der Waals surface area contributed by atoms with Gasteiger partial charge in [-0.15, -0.1) is 4.72 Å². The lowest BCUT2D eigenvalue weighted by Gasteiger charge is -2.43. The second kappa shape index (κ2) is 9.32. The molecular formula is C22H35N3O4S. The molecule has 1 N–H and O–H groups in total. The number of hydrogen-bond donors (Lipinski definition) is 1. The van der Waals surface area contributed by atoms with Gasteiger partial charge >= 0.3 is 6.09 Å². The summed E-state index contributed by atoms with van der Waals surface area (Å²) in [6.07, 6.45) is 5.85. The van der Waals surface area contributed by atoms with E-state index in [0.29, 0.717) is 25.4 Å². The monoisotopic (exact) mass is 437 g/mol. The van der Waals surface area contributed by atoms with Crippen LogP contribution in [0.4, 0.5) is 4.79 Å². The number of ether oxygens (including phenoxy) is 2. The number of nitrogens with one attached hydrogen (secondary N) is 1. The number of aromatic nitrogens is 1. The van der Waals surface area contributed by atoms with E-state index in [1.54, 1.807) is 18.2 Å². The van der Waals surface area contributed by atoms with E-state index < -0.39 is 11.4 Å². The fourth-order valence-electron chi connectivity index (χ4n) is 4.23. The van der Waals surface area contributed by atoms with Gasteiger partial charge in [0.2, 0.25) is 0 Å². The molecule has 1 aromatic rings. The number of carbonyl (C=O) groups excluding carboxylic acids is 1. The lowest BCUT2D eigenvalue weighted by molar-refractivity contribution is 0.0560. The third-order valence-electron chi connectivity index (χ3n) is 6.18. The number of unbranched alkanes of at least 4 members (excludes halogenated alkanes) is 1. The van der Waals surface area contributed by atoms with Crippen molar-refractivity contribution in [3.8, 4) is 5.75 Å². The van der Waals surface area contributed by atoms with Crippen molar-refractivity contribution in [2.45, 2.75) is 70.6 Å². The average Bonchev–Trinajstić information content (AvgIpc) is 3.00. The van der Waals surface area contributed by atoms with Gasteiger partial charge in [0.15, 0.2) is 0 Å². The summed E-state index contributed by atoms with van der Waals surface area (Å²) < 4.78 is 26.8. The molecule has 2 unspecified atom stereocenters. The average molecular weight is 438 g/mol. The lowest BCUT2D eigenvalue weighted by atomic mass is 9.73. The topological polar surface area (TPSA) is 86.8 Å². The predicted molar refractivity (Wildman–Crippen MR) is 118 cm³/mol. The molecule has 30 heavy (non-hydrogen) atoms. The Hall–Kier alpha value is -1.51. The number of pyridine rings is 1. The minimum Gasteiger partial charge on any atom is -0.598 e. The maximum atomic E-state index is 13.0. The van der Waals surface area contributed by atoms with E-state index in [0.717, 1.165) is 43.4 Å². The van der Waals surface area contributed by atoms with Crippen molar-refractivity contribution in [3.05, 3.63) is 23.5 Å². The van der Waals surface area contributed by atoms with E-state index in [1.807, 2.05) is 26.8 Å².